The highest BCUT2D eigenvalue weighted by molar-refractivity contribution is 5.94. The van der Waals surface area contributed by atoms with E-state index >= 15 is 0 Å². The first kappa shape index (κ1) is 19.4. The molecule has 26 heavy (non-hydrogen) atoms. The van der Waals surface area contributed by atoms with E-state index < -0.39 is 28.6 Å². The van der Waals surface area contributed by atoms with Crippen LogP contribution in [-0.2, 0) is 9.47 Å². The molecule has 1 aromatic rings. The van der Waals surface area contributed by atoms with Crippen molar-refractivity contribution in [1.29, 1.82) is 0 Å². The molecule has 140 valence electrons. The number of nitrogens with zero attached hydrogens (tertiary/aromatic N) is 2. The third-order valence-corrected chi connectivity index (χ3v) is 3.84. The van der Waals surface area contributed by atoms with Crippen molar-refractivity contribution in [1.82, 2.24) is 4.90 Å². The number of amides is 1. The molecular formula is C18H22N2O6. The summed E-state index contributed by atoms with van der Waals surface area (Å²) in [6, 6.07) is 3.85. The van der Waals surface area contributed by atoms with Crippen LogP contribution in [0.2, 0.25) is 0 Å². The van der Waals surface area contributed by atoms with Crippen molar-refractivity contribution in [2.24, 2.45) is 0 Å². The summed E-state index contributed by atoms with van der Waals surface area (Å²) in [5.41, 5.74) is -0.576. The number of rotatable bonds is 3. The highest BCUT2D eigenvalue weighted by Gasteiger charge is 2.31. The van der Waals surface area contributed by atoms with Gasteiger partial charge in [-0.3, -0.25) is 15.0 Å². The summed E-state index contributed by atoms with van der Waals surface area (Å²) in [7, 11) is 1.16. The zero-order valence-corrected chi connectivity index (χ0v) is 15.2. The van der Waals surface area contributed by atoms with Crippen molar-refractivity contribution in [3.8, 4) is 0 Å². The lowest BCUT2D eigenvalue weighted by atomic mass is 9.97. The van der Waals surface area contributed by atoms with E-state index in [2.05, 4.69) is 4.74 Å². The molecule has 1 aliphatic rings. The molecule has 0 radical (unpaired) electrons. The summed E-state index contributed by atoms with van der Waals surface area (Å²) in [5, 5.41) is 11.4. The van der Waals surface area contributed by atoms with Gasteiger partial charge in [0.25, 0.3) is 5.69 Å². The largest absolute Gasteiger partial charge is 0.465 e. The number of carbonyl (C=O) groups excluding carboxylic acids is 2. The zero-order chi connectivity index (χ0) is 19.5. The quantitative estimate of drug-likeness (QED) is 0.352. The fraction of sp³-hybridized carbons (Fsp3) is 0.444. The van der Waals surface area contributed by atoms with Gasteiger partial charge < -0.3 is 9.47 Å². The van der Waals surface area contributed by atoms with Crippen LogP contribution in [0, 0.1) is 10.1 Å². The Morgan fingerprint density at radius 1 is 1.27 bits per heavy atom. The number of ether oxygens (including phenoxy) is 2. The van der Waals surface area contributed by atoms with Crippen LogP contribution in [0.3, 0.4) is 0 Å². The van der Waals surface area contributed by atoms with Gasteiger partial charge in [-0.1, -0.05) is 18.2 Å². The van der Waals surface area contributed by atoms with Crippen molar-refractivity contribution in [2.45, 2.75) is 38.8 Å². The van der Waals surface area contributed by atoms with Crippen LogP contribution in [-0.4, -0.2) is 41.1 Å². The molecule has 2 rings (SSSR count). The van der Waals surface area contributed by atoms with Gasteiger partial charge in [-0.2, -0.15) is 0 Å². The number of esters is 1. The van der Waals surface area contributed by atoms with E-state index in [1.807, 2.05) is 12.2 Å². The Hall–Kier alpha value is -2.90. The molecule has 0 fully saturated rings. The summed E-state index contributed by atoms with van der Waals surface area (Å²) in [6.45, 7) is 5.66. The fourth-order valence-corrected chi connectivity index (χ4v) is 2.70. The number of hydrogen-bond donors (Lipinski definition) is 0. The molecule has 0 aliphatic carbocycles. The highest BCUT2D eigenvalue weighted by Crippen LogP contribution is 2.33. The third kappa shape index (κ3) is 4.38. The maximum atomic E-state index is 12.5. The Bertz CT molecular complexity index is 751. The highest BCUT2D eigenvalue weighted by atomic mass is 16.6. The Morgan fingerprint density at radius 3 is 2.54 bits per heavy atom. The van der Waals surface area contributed by atoms with Crippen LogP contribution >= 0.6 is 0 Å². The molecule has 1 unspecified atom stereocenters. The van der Waals surface area contributed by atoms with Gasteiger partial charge in [0.2, 0.25) is 0 Å². The molecule has 0 N–H and O–H groups in total. The first-order valence-electron chi connectivity index (χ1n) is 8.15. The van der Waals surface area contributed by atoms with E-state index in [0.29, 0.717) is 18.5 Å². The average molecular weight is 362 g/mol. The van der Waals surface area contributed by atoms with E-state index in [1.54, 1.807) is 26.8 Å². The normalized spacial score (nSPS) is 16.9. The van der Waals surface area contributed by atoms with Crippen LogP contribution in [0.15, 0.2) is 30.4 Å². The van der Waals surface area contributed by atoms with Crippen LogP contribution in [0.25, 0.3) is 0 Å². The van der Waals surface area contributed by atoms with E-state index in [1.165, 1.54) is 17.0 Å². The van der Waals surface area contributed by atoms with Gasteiger partial charge >= 0.3 is 12.1 Å². The smallest absolute Gasteiger partial charge is 0.411 e. The van der Waals surface area contributed by atoms with Crippen molar-refractivity contribution >= 4 is 17.7 Å². The standard InChI is InChI=1S/C18H22N2O6/c1-18(2,3)26-17(22)19-10-6-5-7-14(19)12-8-9-13(16(21)25-4)15(11-12)20(23)24/h5-6,8-9,11,14H,7,10H2,1-4H3. The van der Waals surface area contributed by atoms with Crippen molar-refractivity contribution < 1.29 is 24.0 Å². The molecule has 8 heteroatoms. The van der Waals surface area contributed by atoms with E-state index in [9.17, 15) is 19.7 Å². The number of carbonyl (C=O) groups is 2. The number of hydrogen-bond acceptors (Lipinski definition) is 6. The summed E-state index contributed by atoms with van der Waals surface area (Å²) in [5.74, 6) is -0.782. The first-order chi connectivity index (χ1) is 12.1. The van der Waals surface area contributed by atoms with Crippen molar-refractivity contribution in [3.05, 3.63) is 51.6 Å². The van der Waals surface area contributed by atoms with Crippen LogP contribution in [0.1, 0.15) is 49.2 Å². The maximum absolute atomic E-state index is 12.5. The number of nitro benzene ring substituents is 1. The minimum atomic E-state index is -0.782. The van der Waals surface area contributed by atoms with Gasteiger partial charge in [-0.15, -0.1) is 0 Å². The molecule has 1 heterocycles. The van der Waals surface area contributed by atoms with E-state index in [4.69, 9.17) is 4.74 Å². The number of benzene rings is 1. The monoisotopic (exact) mass is 362 g/mol. The number of methoxy groups -OCH3 is 1. The lowest BCUT2D eigenvalue weighted by Crippen LogP contribution is -2.40. The summed E-state index contributed by atoms with van der Waals surface area (Å²) < 4.78 is 10.0. The molecule has 0 spiro atoms. The van der Waals surface area contributed by atoms with Gasteiger partial charge in [0, 0.05) is 12.6 Å². The number of nitro groups is 1. The van der Waals surface area contributed by atoms with Crippen LogP contribution < -0.4 is 0 Å². The second-order valence-electron chi connectivity index (χ2n) is 6.88. The van der Waals surface area contributed by atoms with Crippen LogP contribution in [0.4, 0.5) is 10.5 Å². The second-order valence-corrected chi connectivity index (χ2v) is 6.88. The summed E-state index contributed by atoms with van der Waals surface area (Å²) in [6.07, 6.45) is 3.75. The maximum Gasteiger partial charge on any atom is 0.411 e. The molecule has 1 aliphatic heterocycles. The van der Waals surface area contributed by atoms with E-state index in [0.717, 1.165) is 7.11 Å². The Kier molecular flexibility index (Phi) is 5.64. The summed E-state index contributed by atoms with van der Waals surface area (Å²) >= 11 is 0. The average Bonchev–Trinajstić information content (AvgIpc) is 2.59. The predicted molar refractivity (Wildman–Crippen MR) is 93.9 cm³/mol. The molecule has 1 amide bonds. The lowest BCUT2D eigenvalue weighted by molar-refractivity contribution is -0.385. The Balaban J connectivity index is 2.39. The third-order valence-electron chi connectivity index (χ3n) is 3.84. The molecule has 0 saturated carbocycles. The van der Waals surface area contributed by atoms with Crippen molar-refractivity contribution in [3.63, 3.8) is 0 Å². The fourth-order valence-electron chi connectivity index (χ4n) is 2.70. The first-order valence-corrected chi connectivity index (χ1v) is 8.15. The molecule has 0 saturated heterocycles. The Labute approximate surface area is 151 Å². The van der Waals surface area contributed by atoms with Crippen LogP contribution in [0.5, 0.6) is 0 Å². The van der Waals surface area contributed by atoms with Gasteiger partial charge in [0.1, 0.15) is 11.2 Å². The topological polar surface area (TPSA) is 99.0 Å². The minimum absolute atomic E-state index is 0.128. The van der Waals surface area contributed by atoms with Crippen molar-refractivity contribution in [2.75, 3.05) is 13.7 Å². The van der Waals surface area contributed by atoms with Gasteiger partial charge in [-0.05, 0) is 38.8 Å². The minimum Gasteiger partial charge on any atom is -0.465 e. The second kappa shape index (κ2) is 7.55. The molecule has 0 aromatic heterocycles. The lowest BCUT2D eigenvalue weighted by Gasteiger charge is -2.34. The molecular weight excluding hydrogens is 340 g/mol. The molecule has 0 bridgehead atoms. The zero-order valence-electron chi connectivity index (χ0n) is 15.2. The van der Waals surface area contributed by atoms with E-state index in [-0.39, 0.29) is 11.3 Å². The molecule has 1 aromatic carbocycles. The predicted octanol–water partition coefficient (Wildman–Crippen LogP) is 3.62. The summed E-state index contributed by atoms with van der Waals surface area (Å²) in [4.78, 5) is 36.5. The molecule has 1 atom stereocenters. The van der Waals surface area contributed by atoms with Gasteiger partial charge in [0.15, 0.2) is 0 Å². The van der Waals surface area contributed by atoms with Gasteiger partial charge in [0.05, 0.1) is 18.1 Å². The molecule has 8 nitrogen and oxygen atoms in total. The Morgan fingerprint density at radius 2 is 1.96 bits per heavy atom. The SMILES string of the molecule is COC(=O)c1ccc(C2CC=CCN2C(=O)OC(C)(C)C)cc1[N+](=O)[O-]. The van der Waals surface area contributed by atoms with Gasteiger partial charge in [-0.25, -0.2) is 9.59 Å².